The van der Waals surface area contributed by atoms with Gasteiger partial charge in [0, 0.05) is 0 Å². The van der Waals surface area contributed by atoms with E-state index in [1.807, 2.05) is 0 Å². The molecule has 0 spiro atoms. The van der Waals surface area contributed by atoms with Crippen LogP contribution in [0.2, 0.25) is 0 Å². The first kappa shape index (κ1) is 43.8. The zero-order valence-electron chi connectivity index (χ0n) is 35.0. The molecule has 25 atom stereocenters. The SMILES string of the molecule is CC(C)C1OC1C(C)C1CCC2C3=CC4OCC5OC(OC6C(OCC(O)C6O)OC6C(OC7CCC(C)(C3CCC21C)C4C7)OC(C(=O)O)C(O)C6O)C(O)C(O)C5O. The Labute approximate surface area is 350 Å². The largest absolute Gasteiger partial charge is 0.479 e. The second-order valence-electron chi connectivity index (χ2n) is 20.3. The molecule has 0 aromatic carbocycles. The number of ether oxygens (including phenoxy) is 8. The molecule has 5 heterocycles. The van der Waals surface area contributed by atoms with Crippen LogP contribution >= 0.6 is 0 Å². The Balaban J connectivity index is 1.07. The molecule has 17 heteroatoms. The Morgan fingerprint density at radius 3 is 2.08 bits per heavy atom. The number of rotatable bonds is 4. The van der Waals surface area contributed by atoms with Gasteiger partial charge in [0.2, 0.25) is 0 Å². The average Bonchev–Trinajstić information content (AvgIpc) is 3.94. The number of fused-ring (bicyclic) bond motifs is 9. The number of carboxylic acids is 1. The minimum absolute atomic E-state index is 0.0722. The van der Waals surface area contributed by atoms with Gasteiger partial charge in [-0.25, -0.2) is 4.79 Å². The molecule has 9 aliphatic rings. The fourth-order valence-corrected chi connectivity index (χ4v) is 13.2. The number of aliphatic carboxylic acids is 1. The van der Waals surface area contributed by atoms with Gasteiger partial charge in [0.1, 0.15) is 61.0 Å². The molecule has 5 saturated heterocycles. The Morgan fingerprint density at radius 2 is 1.37 bits per heavy atom. The van der Waals surface area contributed by atoms with E-state index < -0.39 is 111 Å². The van der Waals surface area contributed by atoms with Crippen molar-refractivity contribution in [2.24, 2.45) is 46.3 Å². The summed E-state index contributed by atoms with van der Waals surface area (Å²) >= 11 is 0. The monoisotopic (exact) mass is 854 g/mol. The standard InChI is InChI=1S/C43H66O17/c1-16(2)33-34(57-33)17(3)20-6-7-21-19-13-25-23-12-18(8-10-43(23,5)22(19)9-11-42(20,21)4)55-41-37(31(49)30(48)35(58-41)38(51)52)60-40-36(27(45)24(44)14-54-40)59-39-32(50)29(47)28(46)26(56-39)15-53-25/h13,16-18,20-37,39-41,44-50H,6-12,14-15H2,1-5H3,(H,51,52). The van der Waals surface area contributed by atoms with Crippen LogP contribution in [0.5, 0.6) is 0 Å². The van der Waals surface area contributed by atoms with Crippen molar-refractivity contribution in [1.29, 1.82) is 0 Å². The van der Waals surface area contributed by atoms with E-state index in [-0.39, 0.29) is 35.4 Å². The zero-order chi connectivity index (χ0) is 42.7. The van der Waals surface area contributed by atoms with E-state index in [2.05, 4.69) is 40.7 Å². The van der Waals surface area contributed by atoms with Gasteiger partial charge in [-0.2, -0.15) is 0 Å². The summed E-state index contributed by atoms with van der Waals surface area (Å²) in [6.45, 7) is 11.0. The third-order valence-electron chi connectivity index (χ3n) is 16.7. The molecule has 3 saturated carbocycles. The quantitative estimate of drug-likeness (QED) is 0.139. The summed E-state index contributed by atoms with van der Waals surface area (Å²) in [7, 11) is 0. The fourth-order valence-electron chi connectivity index (χ4n) is 13.2. The number of aliphatic hydroxyl groups excluding tert-OH is 7. The lowest BCUT2D eigenvalue weighted by atomic mass is 9.47. The van der Waals surface area contributed by atoms with Crippen molar-refractivity contribution < 1.29 is 83.5 Å². The molecule has 9 rings (SSSR count). The molecule has 4 aliphatic carbocycles. The van der Waals surface area contributed by atoms with Gasteiger partial charge in [-0.15, -0.1) is 0 Å². The van der Waals surface area contributed by atoms with Crippen molar-refractivity contribution >= 4 is 5.97 Å². The highest BCUT2D eigenvalue weighted by atomic mass is 16.8. The van der Waals surface area contributed by atoms with Gasteiger partial charge in [-0.3, -0.25) is 0 Å². The second-order valence-corrected chi connectivity index (χ2v) is 20.3. The third kappa shape index (κ3) is 7.23. The summed E-state index contributed by atoms with van der Waals surface area (Å²) in [5, 5.41) is 87.5. The zero-order valence-corrected chi connectivity index (χ0v) is 35.0. The van der Waals surface area contributed by atoms with Gasteiger partial charge in [-0.1, -0.05) is 46.3 Å². The summed E-state index contributed by atoms with van der Waals surface area (Å²) in [6.07, 6.45) is -15.4. The highest BCUT2D eigenvalue weighted by Crippen LogP contribution is 2.68. The van der Waals surface area contributed by atoms with E-state index >= 15 is 0 Å². The first-order valence-corrected chi connectivity index (χ1v) is 22.3. The second kappa shape index (κ2) is 16.2. The van der Waals surface area contributed by atoms with Gasteiger partial charge in [0.15, 0.2) is 25.0 Å². The lowest BCUT2D eigenvalue weighted by molar-refractivity contribution is -0.386. The number of allylic oxidation sites excluding steroid dienone is 1. The highest BCUT2D eigenvalue weighted by molar-refractivity contribution is 5.73. The molecule has 0 amide bonds. The Kier molecular flexibility index (Phi) is 11.9. The number of aliphatic hydroxyl groups is 7. The first-order valence-electron chi connectivity index (χ1n) is 22.3. The summed E-state index contributed by atoms with van der Waals surface area (Å²) in [5.74, 6) is 0.364. The summed E-state index contributed by atoms with van der Waals surface area (Å²) < 4.78 is 49.5. The minimum Gasteiger partial charge on any atom is -0.479 e. The maximum atomic E-state index is 12.3. The van der Waals surface area contributed by atoms with Crippen molar-refractivity contribution in [1.82, 2.24) is 0 Å². The van der Waals surface area contributed by atoms with E-state index in [0.29, 0.717) is 42.6 Å². The van der Waals surface area contributed by atoms with Crippen LogP contribution in [0.3, 0.4) is 0 Å². The van der Waals surface area contributed by atoms with Crippen molar-refractivity contribution in [3.8, 4) is 0 Å². The molecule has 0 aromatic rings. The van der Waals surface area contributed by atoms with E-state index in [1.165, 1.54) is 5.57 Å². The van der Waals surface area contributed by atoms with Gasteiger partial charge in [0.25, 0.3) is 0 Å². The van der Waals surface area contributed by atoms with Crippen LogP contribution in [0, 0.1) is 46.3 Å². The molecule has 0 aromatic heterocycles. The van der Waals surface area contributed by atoms with Crippen LogP contribution in [0.25, 0.3) is 0 Å². The van der Waals surface area contributed by atoms with Crippen LogP contribution in [0.15, 0.2) is 11.6 Å². The minimum atomic E-state index is -1.95. The van der Waals surface area contributed by atoms with E-state index in [1.54, 1.807) is 0 Å². The molecular weight excluding hydrogens is 788 g/mol. The lowest BCUT2D eigenvalue weighted by Gasteiger charge is -2.59. The van der Waals surface area contributed by atoms with Crippen molar-refractivity contribution in [3.63, 3.8) is 0 Å². The molecular formula is C43H66O17. The van der Waals surface area contributed by atoms with Crippen LogP contribution < -0.4 is 0 Å². The molecule has 17 nitrogen and oxygen atoms in total. The molecule has 340 valence electrons. The molecule has 8 N–H and O–H groups in total. The molecule has 8 fully saturated rings. The van der Waals surface area contributed by atoms with Gasteiger partial charge >= 0.3 is 5.97 Å². The summed E-state index contributed by atoms with van der Waals surface area (Å²) in [5.41, 5.74) is 1.23. The molecule has 4 bridgehead atoms. The normalized spacial score (nSPS) is 56.0. The molecule has 25 unspecified atom stereocenters. The fraction of sp³-hybridized carbons (Fsp3) is 0.930. The Bertz CT molecular complexity index is 1610. The maximum absolute atomic E-state index is 12.3. The number of carboxylic acid groups (broad SMARTS) is 1. The molecule has 60 heavy (non-hydrogen) atoms. The lowest BCUT2D eigenvalue weighted by Crippen LogP contribution is -2.66. The summed E-state index contributed by atoms with van der Waals surface area (Å²) in [6, 6.07) is 0. The van der Waals surface area contributed by atoms with Crippen LogP contribution in [-0.2, 0) is 42.7 Å². The van der Waals surface area contributed by atoms with Crippen molar-refractivity contribution in [3.05, 3.63) is 11.6 Å². The van der Waals surface area contributed by atoms with Crippen molar-refractivity contribution in [2.75, 3.05) is 13.2 Å². The Morgan fingerprint density at radius 1 is 0.667 bits per heavy atom. The van der Waals surface area contributed by atoms with E-state index in [0.717, 1.165) is 32.1 Å². The topological polar surface area (TPSA) is 256 Å². The molecule has 0 radical (unpaired) electrons. The third-order valence-corrected chi connectivity index (χ3v) is 16.7. The summed E-state index contributed by atoms with van der Waals surface area (Å²) in [4.78, 5) is 12.3. The number of hydrogen-bond donors (Lipinski definition) is 8. The smallest absolute Gasteiger partial charge is 0.335 e. The van der Waals surface area contributed by atoms with Crippen LogP contribution in [0.1, 0.15) is 79.6 Å². The number of hydrogen-bond acceptors (Lipinski definition) is 16. The van der Waals surface area contributed by atoms with Gasteiger partial charge in [0.05, 0.1) is 37.6 Å². The van der Waals surface area contributed by atoms with Gasteiger partial charge in [-0.05, 0) is 91.3 Å². The predicted molar refractivity (Wildman–Crippen MR) is 204 cm³/mol. The Hall–Kier alpha value is -1.39. The van der Waals surface area contributed by atoms with E-state index in [9.17, 15) is 45.6 Å². The maximum Gasteiger partial charge on any atom is 0.335 e. The number of epoxide rings is 1. The van der Waals surface area contributed by atoms with Crippen LogP contribution in [-0.4, -0.2) is 170 Å². The first-order chi connectivity index (χ1) is 28.4. The van der Waals surface area contributed by atoms with Crippen LogP contribution in [0.4, 0.5) is 0 Å². The molecule has 5 aliphatic heterocycles. The van der Waals surface area contributed by atoms with Gasteiger partial charge < -0.3 is 78.7 Å². The highest BCUT2D eigenvalue weighted by Gasteiger charge is 2.63. The van der Waals surface area contributed by atoms with E-state index in [4.69, 9.17) is 37.9 Å². The predicted octanol–water partition coefficient (Wildman–Crippen LogP) is 0.206. The number of carbonyl (C=O) groups is 1. The van der Waals surface area contributed by atoms with Crippen molar-refractivity contribution in [2.45, 2.75) is 190 Å². The average molecular weight is 855 g/mol.